The SMILES string of the molecule is C=CC(CCCC(=O)C(C)C)c1c(C)cccc1C. The van der Waals surface area contributed by atoms with Gasteiger partial charge in [-0.1, -0.05) is 38.1 Å². The van der Waals surface area contributed by atoms with E-state index in [-0.39, 0.29) is 5.92 Å². The van der Waals surface area contributed by atoms with E-state index in [4.69, 9.17) is 0 Å². The predicted octanol–water partition coefficient (Wildman–Crippen LogP) is 4.97. The van der Waals surface area contributed by atoms with Crippen LogP contribution in [0, 0.1) is 19.8 Å². The molecule has 0 amide bonds. The van der Waals surface area contributed by atoms with E-state index in [2.05, 4.69) is 38.6 Å². The Kier molecular flexibility index (Phi) is 6.01. The number of Topliss-reactive ketones (excluding diaryl/α,β-unsaturated/α-hetero) is 1. The molecule has 0 N–H and O–H groups in total. The maximum absolute atomic E-state index is 11.7. The molecule has 0 spiro atoms. The van der Waals surface area contributed by atoms with Crippen molar-refractivity contribution < 1.29 is 4.79 Å². The van der Waals surface area contributed by atoms with Crippen LogP contribution in [0.15, 0.2) is 30.9 Å². The highest BCUT2D eigenvalue weighted by molar-refractivity contribution is 5.80. The normalized spacial score (nSPS) is 12.5. The molecular weight excluding hydrogens is 232 g/mol. The molecule has 104 valence electrons. The van der Waals surface area contributed by atoms with Crippen molar-refractivity contribution >= 4 is 5.78 Å². The van der Waals surface area contributed by atoms with Gasteiger partial charge in [0.15, 0.2) is 0 Å². The molecule has 0 aliphatic carbocycles. The third-order valence-corrected chi connectivity index (χ3v) is 3.78. The fraction of sp³-hybridized carbons (Fsp3) is 0.500. The van der Waals surface area contributed by atoms with Gasteiger partial charge in [0.1, 0.15) is 5.78 Å². The quantitative estimate of drug-likeness (QED) is 0.631. The smallest absolute Gasteiger partial charge is 0.135 e. The summed E-state index contributed by atoms with van der Waals surface area (Å²) in [5, 5.41) is 0. The molecular formula is C18H26O. The monoisotopic (exact) mass is 258 g/mol. The van der Waals surface area contributed by atoms with Gasteiger partial charge in [0, 0.05) is 18.3 Å². The minimum atomic E-state index is 0.155. The van der Waals surface area contributed by atoms with Crippen LogP contribution in [0.4, 0.5) is 0 Å². The minimum Gasteiger partial charge on any atom is -0.299 e. The molecule has 0 aliphatic rings. The zero-order valence-electron chi connectivity index (χ0n) is 12.7. The van der Waals surface area contributed by atoms with Gasteiger partial charge in [0.25, 0.3) is 0 Å². The van der Waals surface area contributed by atoms with Crippen LogP contribution in [0.3, 0.4) is 0 Å². The molecule has 1 aromatic rings. The Morgan fingerprint density at radius 3 is 2.32 bits per heavy atom. The lowest BCUT2D eigenvalue weighted by Gasteiger charge is -2.18. The van der Waals surface area contributed by atoms with Crippen LogP contribution in [0.1, 0.15) is 55.7 Å². The summed E-state index contributed by atoms with van der Waals surface area (Å²) in [6.07, 6.45) is 4.66. The number of aryl methyl sites for hydroxylation is 2. The highest BCUT2D eigenvalue weighted by Crippen LogP contribution is 2.29. The number of hydrogen-bond acceptors (Lipinski definition) is 1. The fourth-order valence-corrected chi connectivity index (χ4v) is 2.58. The Hall–Kier alpha value is -1.37. The van der Waals surface area contributed by atoms with Gasteiger partial charge in [0.2, 0.25) is 0 Å². The van der Waals surface area contributed by atoms with E-state index >= 15 is 0 Å². The largest absolute Gasteiger partial charge is 0.299 e. The number of benzene rings is 1. The third kappa shape index (κ3) is 4.34. The highest BCUT2D eigenvalue weighted by atomic mass is 16.1. The molecule has 1 heteroatoms. The van der Waals surface area contributed by atoms with E-state index in [1.54, 1.807) is 0 Å². The molecule has 1 rings (SSSR count). The first-order valence-electron chi connectivity index (χ1n) is 7.18. The Morgan fingerprint density at radius 2 is 1.84 bits per heavy atom. The van der Waals surface area contributed by atoms with Gasteiger partial charge in [-0.05, 0) is 43.4 Å². The molecule has 19 heavy (non-hydrogen) atoms. The zero-order chi connectivity index (χ0) is 14.4. The molecule has 0 saturated heterocycles. The van der Waals surface area contributed by atoms with Crippen molar-refractivity contribution in [1.82, 2.24) is 0 Å². The van der Waals surface area contributed by atoms with Gasteiger partial charge in [-0.2, -0.15) is 0 Å². The van der Waals surface area contributed by atoms with Crippen LogP contribution < -0.4 is 0 Å². The summed E-state index contributed by atoms with van der Waals surface area (Å²) in [7, 11) is 0. The van der Waals surface area contributed by atoms with Crippen LogP contribution >= 0.6 is 0 Å². The van der Waals surface area contributed by atoms with Crippen molar-refractivity contribution in [2.75, 3.05) is 0 Å². The second-order valence-corrected chi connectivity index (χ2v) is 5.66. The Balaban J connectivity index is 2.69. The number of carbonyl (C=O) groups excluding carboxylic acids is 1. The Bertz CT molecular complexity index is 423. The maximum atomic E-state index is 11.7. The van der Waals surface area contributed by atoms with E-state index in [1.807, 2.05) is 19.9 Å². The van der Waals surface area contributed by atoms with Crippen molar-refractivity contribution in [2.45, 2.75) is 52.9 Å². The molecule has 1 atom stereocenters. The molecule has 1 unspecified atom stereocenters. The lowest BCUT2D eigenvalue weighted by Crippen LogP contribution is -2.08. The van der Waals surface area contributed by atoms with E-state index in [9.17, 15) is 4.79 Å². The fourth-order valence-electron chi connectivity index (χ4n) is 2.58. The highest BCUT2D eigenvalue weighted by Gasteiger charge is 2.14. The molecule has 0 bridgehead atoms. The van der Waals surface area contributed by atoms with Crippen molar-refractivity contribution in [3.8, 4) is 0 Å². The summed E-state index contributed by atoms with van der Waals surface area (Å²) < 4.78 is 0. The third-order valence-electron chi connectivity index (χ3n) is 3.78. The van der Waals surface area contributed by atoms with Crippen molar-refractivity contribution in [1.29, 1.82) is 0 Å². The average Bonchev–Trinajstić information content (AvgIpc) is 2.36. The first-order chi connectivity index (χ1) is 8.97. The number of rotatable bonds is 7. The van der Waals surface area contributed by atoms with Gasteiger partial charge >= 0.3 is 0 Å². The van der Waals surface area contributed by atoms with Crippen LogP contribution in [-0.4, -0.2) is 5.78 Å². The van der Waals surface area contributed by atoms with Gasteiger partial charge in [-0.15, -0.1) is 6.58 Å². The average molecular weight is 258 g/mol. The summed E-state index contributed by atoms with van der Waals surface area (Å²) in [6.45, 7) is 12.2. The second kappa shape index (κ2) is 7.28. The molecule has 1 aromatic carbocycles. The summed E-state index contributed by atoms with van der Waals surface area (Å²) >= 11 is 0. The maximum Gasteiger partial charge on any atom is 0.135 e. The van der Waals surface area contributed by atoms with Crippen LogP contribution in [0.25, 0.3) is 0 Å². The standard InChI is InChI=1S/C18H26O/c1-6-16(11-8-12-17(19)13(2)3)18-14(4)9-7-10-15(18)5/h6-7,9-10,13,16H,1,8,11-12H2,2-5H3. The minimum absolute atomic E-state index is 0.155. The molecule has 1 nitrogen and oxygen atoms in total. The van der Waals surface area contributed by atoms with Gasteiger partial charge in [-0.3, -0.25) is 4.79 Å². The van der Waals surface area contributed by atoms with Crippen LogP contribution in [-0.2, 0) is 4.79 Å². The molecule has 0 heterocycles. The summed E-state index contributed by atoms with van der Waals surface area (Å²) in [5.74, 6) is 0.882. The zero-order valence-corrected chi connectivity index (χ0v) is 12.7. The van der Waals surface area contributed by atoms with Gasteiger partial charge in [-0.25, -0.2) is 0 Å². The van der Waals surface area contributed by atoms with E-state index in [1.165, 1.54) is 16.7 Å². The van der Waals surface area contributed by atoms with E-state index in [0.29, 0.717) is 18.1 Å². The first-order valence-corrected chi connectivity index (χ1v) is 7.18. The first kappa shape index (κ1) is 15.7. The lowest BCUT2D eigenvalue weighted by molar-refractivity contribution is -0.122. The van der Waals surface area contributed by atoms with Gasteiger partial charge in [0.05, 0.1) is 0 Å². The van der Waals surface area contributed by atoms with Crippen molar-refractivity contribution in [2.24, 2.45) is 5.92 Å². The summed E-state index contributed by atoms with van der Waals surface area (Å²) in [4.78, 5) is 11.7. The predicted molar refractivity (Wildman–Crippen MR) is 82.6 cm³/mol. The Morgan fingerprint density at radius 1 is 1.26 bits per heavy atom. The number of allylic oxidation sites excluding steroid dienone is 1. The summed E-state index contributed by atoms with van der Waals surface area (Å²) in [5.41, 5.74) is 4.02. The molecule has 0 aliphatic heterocycles. The Labute approximate surface area is 117 Å². The molecule has 0 fully saturated rings. The summed E-state index contributed by atoms with van der Waals surface area (Å²) in [6, 6.07) is 6.40. The van der Waals surface area contributed by atoms with Crippen LogP contribution in [0.2, 0.25) is 0 Å². The number of ketones is 1. The number of carbonyl (C=O) groups is 1. The second-order valence-electron chi connectivity index (χ2n) is 5.66. The van der Waals surface area contributed by atoms with Crippen LogP contribution in [0.5, 0.6) is 0 Å². The topological polar surface area (TPSA) is 17.1 Å². The van der Waals surface area contributed by atoms with Crippen molar-refractivity contribution in [3.05, 3.63) is 47.5 Å². The number of hydrogen-bond donors (Lipinski definition) is 0. The molecule has 0 radical (unpaired) electrons. The lowest BCUT2D eigenvalue weighted by atomic mass is 9.86. The van der Waals surface area contributed by atoms with E-state index in [0.717, 1.165) is 12.8 Å². The van der Waals surface area contributed by atoms with Gasteiger partial charge < -0.3 is 0 Å². The van der Waals surface area contributed by atoms with Crippen molar-refractivity contribution in [3.63, 3.8) is 0 Å². The van der Waals surface area contributed by atoms with E-state index < -0.39 is 0 Å². The molecule has 0 saturated carbocycles. The molecule has 0 aromatic heterocycles.